The Balaban J connectivity index is 3.11. The standard InChI is InChI=1S/C7H9BrN2O3S/c1-13-7-5(4-14(9,11)12)2-6(8)3-10-7/h2-3H,4H2,1H3,(H2,9,11,12). The van der Waals surface area contributed by atoms with Gasteiger partial charge in [-0.05, 0) is 22.0 Å². The second-order valence-corrected chi connectivity index (χ2v) is 5.16. The van der Waals surface area contributed by atoms with Crippen LogP contribution in [0.15, 0.2) is 16.7 Å². The smallest absolute Gasteiger partial charge is 0.217 e. The van der Waals surface area contributed by atoms with E-state index < -0.39 is 10.0 Å². The summed E-state index contributed by atoms with van der Waals surface area (Å²) in [5, 5.41) is 4.91. The van der Waals surface area contributed by atoms with Crippen LogP contribution >= 0.6 is 15.9 Å². The van der Waals surface area contributed by atoms with Gasteiger partial charge in [-0.1, -0.05) is 0 Å². The number of halogens is 1. The number of methoxy groups -OCH3 is 1. The van der Waals surface area contributed by atoms with Crippen molar-refractivity contribution in [2.24, 2.45) is 5.14 Å². The van der Waals surface area contributed by atoms with Crippen molar-refractivity contribution in [3.05, 3.63) is 22.3 Å². The van der Waals surface area contributed by atoms with Gasteiger partial charge in [0.2, 0.25) is 15.9 Å². The minimum atomic E-state index is -3.57. The Morgan fingerprint density at radius 2 is 2.29 bits per heavy atom. The highest BCUT2D eigenvalue weighted by molar-refractivity contribution is 9.10. The van der Waals surface area contributed by atoms with Crippen molar-refractivity contribution < 1.29 is 13.2 Å². The number of pyridine rings is 1. The third kappa shape index (κ3) is 3.24. The summed E-state index contributed by atoms with van der Waals surface area (Å²) >= 11 is 3.18. The summed E-state index contributed by atoms with van der Waals surface area (Å²) in [7, 11) is -2.15. The molecule has 2 N–H and O–H groups in total. The normalized spacial score (nSPS) is 11.4. The van der Waals surface area contributed by atoms with Crippen LogP contribution < -0.4 is 9.88 Å². The van der Waals surface area contributed by atoms with Gasteiger partial charge in [0, 0.05) is 16.2 Å². The molecule has 0 unspecified atom stereocenters. The van der Waals surface area contributed by atoms with Crippen LogP contribution in [0.1, 0.15) is 5.56 Å². The van der Waals surface area contributed by atoms with Crippen molar-refractivity contribution in [3.8, 4) is 5.88 Å². The van der Waals surface area contributed by atoms with Crippen LogP contribution in [0, 0.1) is 0 Å². The van der Waals surface area contributed by atoms with Gasteiger partial charge in [0.1, 0.15) is 0 Å². The predicted molar refractivity (Wildman–Crippen MR) is 55.3 cm³/mol. The molecule has 14 heavy (non-hydrogen) atoms. The lowest BCUT2D eigenvalue weighted by Crippen LogP contribution is -2.15. The fraction of sp³-hybridized carbons (Fsp3) is 0.286. The van der Waals surface area contributed by atoms with E-state index in [1.54, 1.807) is 6.07 Å². The van der Waals surface area contributed by atoms with E-state index >= 15 is 0 Å². The fourth-order valence-electron chi connectivity index (χ4n) is 0.973. The van der Waals surface area contributed by atoms with Gasteiger partial charge >= 0.3 is 0 Å². The quantitative estimate of drug-likeness (QED) is 0.881. The zero-order chi connectivity index (χ0) is 10.8. The van der Waals surface area contributed by atoms with Crippen LogP contribution in [0.3, 0.4) is 0 Å². The molecule has 5 nitrogen and oxygen atoms in total. The summed E-state index contributed by atoms with van der Waals surface area (Å²) in [5.41, 5.74) is 0.435. The number of primary sulfonamides is 1. The monoisotopic (exact) mass is 280 g/mol. The van der Waals surface area contributed by atoms with Crippen molar-refractivity contribution >= 4 is 26.0 Å². The van der Waals surface area contributed by atoms with Crippen molar-refractivity contribution in [3.63, 3.8) is 0 Å². The van der Waals surface area contributed by atoms with Gasteiger partial charge in [0.05, 0.1) is 12.9 Å². The molecular weight excluding hydrogens is 272 g/mol. The summed E-state index contributed by atoms with van der Waals surface area (Å²) in [4.78, 5) is 3.89. The Morgan fingerprint density at radius 1 is 1.64 bits per heavy atom. The van der Waals surface area contributed by atoms with Crippen molar-refractivity contribution in [1.29, 1.82) is 0 Å². The molecule has 0 atom stereocenters. The molecule has 1 heterocycles. The summed E-state index contributed by atoms with van der Waals surface area (Å²) in [6.07, 6.45) is 1.52. The molecule has 0 spiro atoms. The minimum absolute atomic E-state index is 0.266. The number of aromatic nitrogens is 1. The van der Waals surface area contributed by atoms with Gasteiger partial charge in [-0.2, -0.15) is 0 Å². The summed E-state index contributed by atoms with van der Waals surface area (Å²) in [6.45, 7) is 0. The van der Waals surface area contributed by atoms with E-state index in [2.05, 4.69) is 20.9 Å². The molecule has 1 aromatic rings. The largest absolute Gasteiger partial charge is 0.481 e. The van der Waals surface area contributed by atoms with Crippen LogP contribution in [-0.4, -0.2) is 20.5 Å². The lowest BCUT2D eigenvalue weighted by Gasteiger charge is -2.05. The number of hydrogen-bond donors (Lipinski definition) is 1. The third-order valence-electron chi connectivity index (χ3n) is 1.44. The van der Waals surface area contributed by atoms with Crippen molar-refractivity contribution in [1.82, 2.24) is 4.98 Å². The molecular formula is C7H9BrN2O3S. The number of hydrogen-bond acceptors (Lipinski definition) is 4. The van der Waals surface area contributed by atoms with E-state index in [-0.39, 0.29) is 11.6 Å². The first-order chi connectivity index (χ1) is 6.42. The molecule has 7 heteroatoms. The first-order valence-electron chi connectivity index (χ1n) is 3.61. The Labute approximate surface area is 90.5 Å². The maximum atomic E-state index is 10.9. The lowest BCUT2D eigenvalue weighted by molar-refractivity contribution is 0.393. The average Bonchev–Trinajstić information content (AvgIpc) is 2.01. The minimum Gasteiger partial charge on any atom is -0.481 e. The fourth-order valence-corrected chi connectivity index (χ4v) is 1.99. The van der Waals surface area contributed by atoms with Crippen molar-refractivity contribution in [2.45, 2.75) is 5.75 Å². The molecule has 0 fully saturated rings. The predicted octanol–water partition coefficient (Wildman–Crippen LogP) is 0.641. The van der Waals surface area contributed by atoms with Gasteiger partial charge in [0.15, 0.2) is 0 Å². The summed E-state index contributed by atoms with van der Waals surface area (Å²) < 4.78 is 27.3. The van der Waals surface area contributed by atoms with Crippen LogP contribution in [-0.2, 0) is 15.8 Å². The topological polar surface area (TPSA) is 82.3 Å². The second kappa shape index (κ2) is 4.24. The highest BCUT2D eigenvalue weighted by atomic mass is 79.9. The number of nitrogens with zero attached hydrogens (tertiary/aromatic N) is 1. The molecule has 0 saturated carbocycles. The number of sulfonamides is 1. The number of ether oxygens (including phenoxy) is 1. The van der Waals surface area contributed by atoms with Gasteiger partial charge < -0.3 is 4.74 Å². The van der Waals surface area contributed by atoms with E-state index in [4.69, 9.17) is 9.88 Å². The highest BCUT2D eigenvalue weighted by Crippen LogP contribution is 2.20. The van der Waals surface area contributed by atoms with Crippen molar-refractivity contribution in [2.75, 3.05) is 7.11 Å². The molecule has 0 amide bonds. The zero-order valence-electron chi connectivity index (χ0n) is 7.40. The number of nitrogens with two attached hydrogens (primary N) is 1. The van der Waals surface area contributed by atoms with Crippen LogP contribution in [0.4, 0.5) is 0 Å². The van der Waals surface area contributed by atoms with Gasteiger partial charge in [-0.15, -0.1) is 0 Å². The van der Waals surface area contributed by atoms with E-state index in [9.17, 15) is 8.42 Å². The highest BCUT2D eigenvalue weighted by Gasteiger charge is 2.11. The molecule has 0 saturated heterocycles. The molecule has 0 radical (unpaired) electrons. The SMILES string of the molecule is COc1ncc(Br)cc1CS(N)(=O)=O. The Bertz CT molecular complexity index is 433. The second-order valence-electron chi connectivity index (χ2n) is 2.63. The summed E-state index contributed by atoms with van der Waals surface area (Å²) in [6, 6.07) is 1.61. The van der Waals surface area contributed by atoms with Crippen LogP contribution in [0.2, 0.25) is 0 Å². The molecule has 0 bridgehead atoms. The Morgan fingerprint density at radius 3 is 2.79 bits per heavy atom. The maximum Gasteiger partial charge on any atom is 0.217 e. The maximum absolute atomic E-state index is 10.9. The van der Waals surface area contributed by atoms with Gasteiger partial charge in [-0.25, -0.2) is 18.5 Å². The zero-order valence-corrected chi connectivity index (χ0v) is 9.80. The van der Waals surface area contributed by atoms with Gasteiger partial charge in [0.25, 0.3) is 0 Å². The van der Waals surface area contributed by atoms with Gasteiger partial charge in [-0.3, -0.25) is 0 Å². The lowest BCUT2D eigenvalue weighted by atomic mass is 10.3. The molecule has 1 aromatic heterocycles. The summed E-state index contributed by atoms with van der Waals surface area (Å²) in [5.74, 6) is -0.0231. The molecule has 78 valence electrons. The van der Waals surface area contributed by atoms with E-state index in [0.29, 0.717) is 10.0 Å². The first kappa shape index (κ1) is 11.4. The van der Waals surface area contributed by atoms with E-state index in [1.807, 2.05) is 0 Å². The van der Waals surface area contributed by atoms with E-state index in [1.165, 1.54) is 13.3 Å². The molecule has 0 aliphatic carbocycles. The van der Waals surface area contributed by atoms with Crippen LogP contribution in [0.5, 0.6) is 5.88 Å². The molecule has 1 rings (SSSR count). The average molecular weight is 281 g/mol. The molecule has 0 aliphatic heterocycles. The van der Waals surface area contributed by atoms with E-state index in [0.717, 1.165) is 0 Å². The first-order valence-corrected chi connectivity index (χ1v) is 6.12. The molecule has 0 aliphatic rings. The molecule has 0 aromatic carbocycles. The van der Waals surface area contributed by atoms with Crippen LogP contribution in [0.25, 0.3) is 0 Å². The number of rotatable bonds is 3. The Kier molecular flexibility index (Phi) is 3.46. The Hall–Kier alpha value is -0.660. The third-order valence-corrected chi connectivity index (χ3v) is 2.59.